The molecule has 0 radical (unpaired) electrons. The molecule has 4 N–H and O–H groups in total. The Morgan fingerprint density at radius 2 is 2.22 bits per heavy atom. The molecule has 2 rings (SSSR count). The van der Waals surface area contributed by atoms with E-state index in [4.69, 9.17) is 0 Å². The average Bonchev–Trinajstić information content (AvgIpc) is 2.35. The molecule has 1 aromatic rings. The van der Waals surface area contributed by atoms with Crippen molar-refractivity contribution in [1.82, 2.24) is 10.6 Å². The lowest BCUT2D eigenvalue weighted by molar-refractivity contribution is 0.0912. The maximum absolute atomic E-state index is 12.0. The van der Waals surface area contributed by atoms with E-state index in [1.54, 1.807) is 0 Å². The molecule has 0 saturated carbocycles. The molecule has 1 heterocycles. The van der Waals surface area contributed by atoms with Crippen molar-refractivity contribution in [2.24, 2.45) is 5.92 Å². The minimum Gasteiger partial charge on any atom is -0.504 e. The predicted octanol–water partition coefficient (Wildman–Crippen LogP) is 0.826. The zero-order chi connectivity index (χ0) is 13.1. The van der Waals surface area contributed by atoms with Gasteiger partial charge in [-0.25, -0.2) is 0 Å². The number of piperidine rings is 1. The van der Waals surface area contributed by atoms with E-state index in [1.807, 2.05) is 0 Å². The van der Waals surface area contributed by atoms with Crippen molar-refractivity contribution >= 4 is 5.91 Å². The summed E-state index contributed by atoms with van der Waals surface area (Å²) in [5, 5.41) is 25.1. The van der Waals surface area contributed by atoms with Crippen molar-refractivity contribution in [3.8, 4) is 11.5 Å². The highest BCUT2D eigenvalue weighted by molar-refractivity contribution is 5.97. The molecular formula is C13H18N2O3. The van der Waals surface area contributed by atoms with Crippen LogP contribution in [-0.4, -0.2) is 35.3 Å². The van der Waals surface area contributed by atoms with Gasteiger partial charge in [0.25, 0.3) is 5.91 Å². The normalized spacial score (nSPS) is 23.6. The van der Waals surface area contributed by atoms with Gasteiger partial charge in [0, 0.05) is 12.6 Å². The highest BCUT2D eigenvalue weighted by Crippen LogP contribution is 2.28. The van der Waals surface area contributed by atoms with Crippen LogP contribution in [-0.2, 0) is 0 Å². The summed E-state index contributed by atoms with van der Waals surface area (Å²) < 4.78 is 0. The smallest absolute Gasteiger partial charge is 0.255 e. The number of benzene rings is 1. The van der Waals surface area contributed by atoms with Crippen LogP contribution in [0.15, 0.2) is 18.2 Å². The lowest BCUT2D eigenvalue weighted by Crippen LogP contribution is -2.50. The fraction of sp³-hybridized carbons (Fsp3) is 0.462. The largest absolute Gasteiger partial charge is 0.504 e. The van der Waals surface area contributed by atoms with E-state index < -0.39 is 0 Å². The molecule has 1 fully saturated rings. The van der Waals surface area contributed by atoms with Crippen molar-refractivity contribution in [2.75, 3.05) is 13.1 Å². The zero-order valence-electron chi connectivity index (χ0n) is 10.3. The fourth-order valence-electron chi connectivity index (χ4n) is 2.14. The van der Waals surface area contributed by atoms with E-state index in [9.17, 15) is 15.0 Å². The molecule has 5 heteroatoms. The second-order valence-electron chi connectivity index (χ2n) is 4.72. The van der Waals surface area contributed by atoms with Crippen molar-refractivity contribution in [3.05, 3.63) is 23.8 Å². The molecule has 1 amide bonds. The first-order valence-electron chi connectivity index (χ1n) is 6.12. The Hall–Kier alpha value is -1.75. The number of rotatable bonds is 2. The van der Waals surface area contributed by atoms with Crippen LogP contribution in [0.1, 0.15) is 23.7 Å². The van der Waals surface area contributed by atoms with Gasteiger partial charge in [-0.05, 0) is 31.0 Å². The Bertz CT molecular complexity index is 448. The molecule has 0 aromatic heterocycles. The van der Waals surface area contributed by atoms with Gasteiger partial charge < -0.3 is 20.8 Å². The summed E-state index contributed by atoms with van der Waals surface area (Å²) in [5.41, 5.74) is 0.104. The number of carbonyl (C=O) groups is 1. The van der Waals surface area contributed by atoms with Crippen LogP contribution in [0.25, 0.3) is 0 Å². The first-order valence-corrected chi connectivity index (χ1v) is 6.12. The van der Waals surface area contributed by atoms with Crippen LogP contribution in [0.3, 0.4) is 0 Å². The van der Waals surface area contributed by atoms with E-state index in [-0.39, 0.29) is 29.0 Å². The van der Waals surface area contributed by atoms with Crippen molar-refractivity contribution in [3.63, 3.8) is 0 Å². The molecule has 1 aliphatic rings. The number of nitrogens with one attached hydrogen (secondary N) is 2. The maximum atomic E-state index is 12.0. The lowest BCUT2D eigenvalue weighted by Gasteiger charge is -2.30. The number of carbonyl (C=O) groups excluding carboxylic acids is 1. The van der Waals surface area contributed by atoms with Gasteiger partial charge in [-0.1, -0.05) is 13.0 Å². The van der Waals surface area contributed by atoms with Gasteiger partial charge in [0.15, 0.2) is 11.5 Å². The molecule has 2 atom stereocenters. The minimum absolute atomic E-state index is 0.0491. The second-order valence-corrected chi connectivity index (χ2v) is 4.72. The molecule has 1 saturated heterocycles. The van der Waals surface area contributed by atoms with Gasteiger partial charge >= 0.3 is 0 Å². The molecule has 0 spiro atoms. The zero-order valence-corrected chi connectivity index (χ0v) is 10.3. The molecular weight excluding hydrogens is 232 g/mol. The SMILES string of the molecule is CC1CCNCC1NC(=O)c1cccc(O)c1O. The summed E-state index contributed by atoms with van der Waals surface area (Å²) in [4.78, 5) is 12.0. The van der Waals surface area contributed by atoms with Crippen LogP contribution in [0, 0.1) is 5.92 Å². The number of phenolic OH excluding ortho intramolecular Hbond substituents is 2. The summed E-state index contributed by atoms with van der Waals surface area (Å²) in [6.07, 6.45) is 1.01. The molecule has 0 aliphatic carbocycles. The monoisotopic (exact) mass is 250 g/mol. The summed E-state index contributed by atoms with van der Waals surface area (Å²) in [6.45, 7) is 3.78. The number of phenols is 2. The summed E-state index contributed by atoms with van der Waals surface area (Å²) in [5.74, 6) is -0.609. The first kappa shape index (κ1) is 12.7. The lowest BCUT2D eigenvalue weighted by atomic mass is 9.94. The van der Waals surface area contributed by atoms with Crippen LogP contribution in [0.4, 0.5) is 0 Å². The molecule has 2 unspecified atom stereocenters. The quantitative estimate of drug-likeness (QED) is 0.586. The van der Waals surface area contributed by atoms with E-state index >= 15 is 0 Å². The molecule has 1 aromatic carbocycles. The molecule has 1 aliphatic heterocycles. The van der Waals surface area contributed by atoms with Gasteiger partial charge in [0.2, 0.25) is 0 Å². The third-order valence-electron chi connectivity index (χ3n) is 3.40. The van der Waals surface area contributed by atoms with E-state index in [0.717, 1.165) is 19.5 Å². The van der Waals surface area contributed by atoms with Crippen molar-refractivity contribution < 1.29 is 15.0 Å². The summed E-state index contributed by atoms with van der Waals surface area (Å²) in [6, 6.07) is 4.42. The highest BCUT2D eigenvalue weighted by Gasteiger charge is 2.24. The number of para-hydroxylation sites is 1. The second kappa shape index (κ2) is 5.27. The van der Waals surface area contributed by atoms with Gasteiger partial charge in [-0.3, -0.25) is 4.79 Å². The molecule has 5 nitrogen and oxygen atoms in total. The Balaban J connectivity index is 2.09. The minimum atomic E-state index is -0.369. The topological polar surface area (TPSA) is 81.6 Å². The van der Waals surface area contributed by atoms with Gasteiger partial charge in [-0.15, -0.1) is 0 Å². The Kier molecular flexibility index (Phi) is 3.72. The Morgan fingerprint density at radius 3 is 2.94 bits per heavy atom. The number of amides is 1. The predicted molar refractivity (Wildman–Crippen MR) is 67.7 cm³/mol. The van der Waals surface area contributed by atoms with Gasteiger partial charge in [-0.2, -0.15) is 0 Å². The molecule has 18 heavy (non-hydrogen) atoms. The number of hydrogen-bond donors (Lipinski definition) is 4. The third kappa shape index (κ3) is 2.56. The van der Waals surface area contributed by atoms with Crippen LogP contribution in [0.2, 0.25) is 0 Å². The average molecular weight is 250 g/mol. The van der Waals surface area contributed by atoms with Crippen molar-refractivity contribution in [1.29, 1.82) is 0 Å². The van der Waals surface area contributed by atoms with Crippen LogP contribution in [0.5, 0.6) is 11.5 Å². The third-order valence-corrected chi connectivity index (χ3v) is 3.40. The number of aromatic hydroxyl groups is 2. The van der Waals surface area contributed by atoms with Crippen molar-refractivity contribution in [2.45, 2.75) is 19.4 Å². The fourth-order valence-corrected chi connectivity index (χ4v) is 2.14. The molecule has 0 bridgehead atoms. The maximum Gasteiger partial charge on any atom is 0.255 e. The first-order chi connectivity index (χ1) is 8.59. The summed E-state index contributed by atoms with van der Waals surface area (Å²) >= 11 is 0. The van der Waals surface area contributed by atoms with E-state index in [2.05, 4.69) is 17.6 Å². The summed E-state index contributed by atoms with van der Waals surface area (Å²) in [7, 11) is 0. The Labute approximate surface area is 106 Å². The van der Waals surface area contributed by atoms with Gasteiger partial charge in [0.05, 0.1) is 5.56 Å². The highest BCUT2D eigenvalue weighted by atomic mass is 16.3. The van der Waals surface area contributed by atoms with E-state index in [1.165, 1.54) is 18.2 Å². The van der Waals surface area contributed by atoms with Gasteiger partial charge in [0.1, 0.15) is 0 Å². The number of hydrogen-bond acceptors (Lipinski definition) is 4. The standard InChI is InChI=1S/C13H18N2O3/c1-8-5-6-14-7-10(8)15-13(18)9-3-2-4-11(16)12(9)17/h2-4,8,10,14,16-17H,5-7H2,1H3,(H,15,18). The van der Waals surface area contributed by atoms with Crippen LogP contribution >= 0.6 is 0 Å². The molecule has 98 valence electrons. The Morgan fingerprint density at radius 1 is 1.44 bits per heavy atom. The van der Waals surface area contributed by atoms with E-state index in [0.29, 0.717) is 5.92 Å². The van der Waals surface area contributed by atoms with Crippen LogP contribution < -0.4 is 10.6 Å².